The number of phosphoric acid groups is 1. The Balaban J connectivity index is 3.31. The number of phosphoric ester groups is 1. The Morgan fingerprint density at radius 2 is 0.917 bits per heavy atom. The first-order valence-corrected chi connectivity index (χ1v) is 11.7. The highest BCUT2D eigenvalue weighted by atomic mass is 31.2. The molecule has 0 N–H and O–H groups in total. The second kappa shape index (κ2) is 17.9. The van der Waals surface area contributed by atoms with Gasteiger partial charge in [0.05, 0.1) is 19.8 Å². The molecule has 0 aromatic heterocycles. The van der Waals surface area contributed by atoms with Crippen LogP contribution < -0.4 is 0 Å². The molecule has 4 nitrogen and oxygen atoms in total. The second-order valence-corrected chi connectivity index (χ2v) is 8.03. The van der Waals surface area contributed by atoms with Crippen molar-refractivity contribution in [2.45, 2.75) is 104 Å². The lowest BCUT2D eigenvalue weighted by molar-refractivity contribution is 0.120. The summed E-state index contributed by atoms with van der Waals surface area (Å²) in [6.07, 6.45) is 17.0. The normalized spacial score (nSPS) is 12.0. The summed E-state index contributed by atoms with van der Waals surface area (Å²) in [6.45, 7) is 6.99. The minimum atomic E-state index is -3.30. The number of rotatable bonds is 19. The van der Waals surface area contributed by atoms with Crippen LogP contribution in [0.25, 0.3) is 0 Å². The van der Waals surface area contributed by atoms with Gasteiger partial charge in [-0.05, 0) is 20.3 Å². The molecule has 0 aliphatic heterocycles. The van der Waals surface area contributed by atoms with E-state index in [9.17, 15) is 4.57 Å². The Morgan fingerprint density at radius 1 is 0.542 bits per heavy atom. The van der Waals surface area contributed by atoms with Crippen LogP contribution in [-0.4, -0.2) is 19.8 Å². The summed E-state index contributed by atoms with van der Waals surface area (Å²) >= 11 is 0. The highest BCUT2D eigenvalue weighted by Gasteiger charge is 2.24. The van der Waals surface area contributed by atoms with Crippen molar-refractivity contribution in [2.24, 2.45) is 0 Å². The minimum absolute atomic E-state index is 0.343. The van der Waals surface area contributed by atoms with Crippen LogP contribution >= 0.6 is 7.82 Å². The number of hydrogen-bond donors (Lipinski definition) is 0. The molecule has 0 aromatic carbocycles. The maximum Gasteiger partial charge on any atom is 0.474 e. The van der Waals surface area contributed by atoms with E-state index in [1.54, 1.807) is 13.8 Å². The van der Waals surface area contributed by atoms with Gasteiger partial charge in [-0.2, -0.15) is 0 Å². The summed E-state index contributed by atoms with van der Waals surface area (Å²) < 4.78 is 27.6. The first kappa shape index (κ1) is 24.1. The van der Waals surface area contributed by atoms with Crippen LogP contribution in [0.2, 0.25) is 0 Å². The fourth-order valence-corrected chi connectivity index (χ4v) is 3.93. The molecule has 0 rings (SSSR count). The number of unbranched alkanes of at least 4 members (excludes halogenated alkanes) is 12. The second-order valence-electron chi connectivity index (χ2n) is 6.36. The third-order valence-corrected chi connectivity index (χ3v) is 5.72. The van der Waals surface area contributed by atoms with E-state index >= 15 is 0 Å². The predicted octanol–water partition coefficient (Wildman–Crippen LogP) is 7.28. The van der Waals surface area contributed by atoms with Crippen LogP contribution in [-0.2, 0) is 18.1 Å². The molecule has 0 amide bonds. The van der Waals surface area contributed by atoms with Crippen molar-refractivity contribution in [3.05, 3.63) is 0 Å². The zero-order valence-corrected chi connectivity index (χ0v) is 17.3. The summed E-state index contributed by atoms with van der Waals surface area (Å²) in [5.41, 5.74) is 0. The SMILES string of the molecule is CCCCCCCCCCCCCCCOP(=O)(OCC)OCC. The molecule has 5 heteroatoms. The lowest BCUT2D eigenvalue weighted by Gasteiger charge is -2.16. The Hall–Kier alpha value is 0.110. The lowest BCUT2D eigenvalue weighted by atomic mass is 10.0. The van der Waals surface area contributed by atoms with Crippen molar-refractivity contribution in [1.29, 1.82) is 0 Å². The highest BCUT2D eigenvalue weighted by molar-refractivity contribution is 7.48. The molecule has 0 saturated heterocycles. The highest BCUT2D eigenvalue weighted by Crippen LogP contribution is 2.49. The molecule has 0 aromatic rings. The van der Waals surface area contributed by atoms with Crippen molar-refractivity contribution >= 4 is 7.82 Å². The van der Waals surface area contributed by atoms with Crippen LogP contribution in [0.3, 0.4) is 0 Å². The molecular formula is C19H41O4P. The quantitative estimate of drug-likeness (QED) is 0.178. The molecule has 0 fully saturated rings. The summed E-state index contributed by atoms with van der Waals surface area (Å²) in [7, 11) is -3.30. The van der Waals surface area contributed by atoms with E-state index in [1.165, 1.54) is 70.6 Å². The number of hydrogen-bond acceptors (Lipinski definition) is 4. The lowest BCUT2D eigenvalue weighted by Crippen LogP contribution is -2.01. The monoisotopic (exact) mass is 364 g/mol. The average molecular weight is 365 g/mol. The summed E-state index contributed by atoms with van der Waals surface area (Å²) in [6, 6.07) is 0. The van der Waals surface area contributed by atoms with Gasteiger partial charge in [-0.3, -0.25) is 13.6 Å². The Bertz CT molecular complexity index is 287. The Morgan fingerprint density at radius 3 is 1.29 bits per heavy atom. The minimum Gasteiger partial charge on any atom is -0.287 e. The summed E-state index contributed by atoms with van der Waals surface area (Å²) in [5.74, 6) is 0. The molecule has 0 heterocycles. The van der Waals surface area contributed by atoms with Crippen LogP contribution in [0.4, 0.5) is 0 Å². The predicted molar refractivity (Wildman–Crippen MR) is 103 cm³/mol. The first-order chi connectivity index (χ1) is 11.7. The molecule has 0 unspecified atom stereocenters. The van der Waals surface area contributed by atoms with Crippen molar-refractivity contribution < 1.29 is 18.1 Å². The molecule has 0 saturated carbocycles. The molecule has 0 spiro atoms. The van der Waals surface area contributed by atoms with Crippen LogP contribution in [0.15, 0.2) is 0 Å². The zero-order chi connectivity index (χ0) is 17.9. The first-order valence-electron chi connectivity index (χ1n) is 10.2. The van der Waals surface area contributed by atoms with E-state index in [4.69, 9.17) is 13.6 Å². The van der Waals surface area contributed by atoms with Gasteiger partial charge in [0.15, 0.2) is 0 Å². The molecule has 0 aliphatic carbocycles. The van der Waals surface area contributed by atoms with Gasteiger partial charge in [0, 0.05) is 0 Å². The molecule has 146 valence electrons. The smallest absolute Gasteiger partial charge is 0.287 e. The van der Waals surface area contributed by atoms with Gasteiger partial charge < -0.3 is 0 Å². The van der Waals surface area contributed by atoms with E-state index < -0.39 is 7.82 Å². The topological polar surface area (TPSA) is 44.8 Å². The molecule has 0 radical (unpaired) electrons. The van der Waals surface area contributed by atoms with E-state index in [2.05, 4.69) is 6.92 Å². The van der Waals surface area contributed by atoms with Crippen LogP contribution in [0.5, 0.6) is 0 Å². The van der Waals surface area contributed by atoms with E-state index in [-0.39, 0.29) is 0 Å². The van der Waals surface area contributed by atoms with Gasteiger partial charge in [-0.25, -0.2) is 4.57 Å². The van der Waals surface area contributed by atoms with Gasteiger partial charge in [0.2, 0.25) is 0 Å². The summed E-state index contributed by atoms with van der Waals surface area (Å²) in [4.78, 5) is 0. The molecule has 0 aliphatic rings. The van der Waals surface area contributed by atoms with Crippen molar-refractivity contribution in [3.8, 4) is 0 Å². The maximum absolute atomic E-state index is 12.1. The van der Waals surface area contributed by atoms with Gasteiger partial charge in [0.1, 0.15) is 0 Å². The average Bonchev–Trinajstić information content (AvgIpc) is 2.55. The van der Waals surface area contributed by atoms with Crippen molar-refractivity contribution in [3.63, 3.8) is 0 Å². The third-order valence-electron chi connectivity index (χ3n) is 4.07. The fraction of sp³-hybridized carbons (Fsp3) is 1.00. The Kier molecular flexibility index (Phi) is 18.0. The molecular weight excluding hydrogens is 323 g/mol. The van der Waals surface area contributed by atoms with Gasteiger partial charge in [0.25, 0.3) is 0 Å². The van der Waals surface area contributed by atoms with Gasteiger partial charge in [-0.1, -0.05) is 84.0 Å². The van der Waals surface area contributed by atoms with E-state index in [0.717, 1.165) is 12.8 Å². The van der Waals surface area contributed by atoms with E-state index in [0.29, 0.717) is 19.8 Å². The zero-order valence-electron chi connectivity index (χ0n) is 16.4. The van der Waals surface area contributed by atoms with Crippen LogP contribution in [0.1, 0.15) is 104 Å². The molecule has 0 bridgehead atoms. The molecule has 0 atom stereocenters. The van der Waals surface area contributed by atoms with Crippen LogP contribution in [0, 0.1) is 0 Å². The van der Waals surface area contributed by atoms with Gasteiger partial charge in [-0.15, -0.1) is 0 Å². The largest absolute Gasteiger partial charge is 0.474 e. The van der Waals surface area contributed by atoms with E-state index in [1.807, 2.05) is 0 Å². The van der Waals surface area contributed by atoms with Gasteiger partial charge >= 0.3 is 7.82 Å². The fourth-order valence-electron chi connectivity index (χ4n) is 2.72. The molecule has 24 heavy (non-hydrogen) atoms. The Labute approximate surface area is 150 Å². The standard InChI is InChI=1S/C19H41O4P/c1-4-7-8-9-10-11-12-13-14-15-16-17-18-19-23-24(20,21-5-2)22-6-3/h4-19H2,1-3H3. The maximum atomic E-state index is 12.1. The summed E-state index contributed by atoms with van der Waals surface area (Å²) in [5, 5.41) is 0. The third kappa shape index (κ3) is 15.6. The van der Waals surface area contributed by atoms with Crippen molar-refractivity contribution in [2.75, 3.05) is 19.8 Å². The van der Waals surface area contributed by atoms with Crippen molar-refractivity contribution in [1.82, 2.24) is 0 Å².